The van der Waals surface area contributed by atoms with Crippen molar-refractivity contribution in [1.82, 2.24) is 0 Å². The molecule has 0 saturated heterocycles. The van der Waals surface area contributed by atoms with Crippen molar-refractivity contribution < 1.29 is 9.53 Å². The molecule has 0 heterocycles. The van der Waals surface area contributed by atoms with Gasteiger partial charge in [-0.1, -0.05) is 33.3 Å². The van der Waals surface area contributed by atoms with E-state index in [-0.39, 0.29) is 5.97 Å². The maximum Gasteiger partial charge on any atom is 0.333 e. The van der Waals surface area contributed by atoms with E-state index in [1.54, 1.807) is 0 Å². The van der Waals surface area contributed by atoms with Crippen molar-refractivity contribution in [2.24, 2.45) is 11.8 Å². The first-order valence-electron chi connectivity index (χ1n) is 5.86. The zero-order chi connectivity index (χ0) is 11.8. The predicted octanol–water partition coefficient (Wildman–Crippen LogP) is 3.57. The van der Waals surface area contributed by atoms with Crippen LogP contribution >= 0.6 is 0 Å². The Labute approximate surface area is 93.7 Å². The molecular weight excluding hydrogens is 188 g/mol. The van der Waals surface area contributed by atoms with Gasteiger partial charge in [0.2, 0.25) is 0 Å². The zero-order valence-electron chi connectivity index (χ0n) is 10.7. The summed E-state index contributed by atoms with van der Waals surface area (Å²) in [5.41, 5.74) is 0.729. The molecule has 2 heteroatoms. The highest BCUT2D eigenvalue weighted by atomic mass is 16.5. The average Bonchev–Trinajstić information content (AvgIpc) is 2.17. The van der Waals surface area contributed by atoms with Gasteiger partial charge in [-0.15, -0.1) is 0 Å². The van der Waals surface area contributed by atoms with E-state index in [2.05, 4.69) is 20.8 Å². The summed E-state index contributed by atoms with van der Waals surface area (Å²) in [6.07, 6.45) is 4.34. The monoisotopic (exact) mass is 212 g/mol. The summed E-state index contributed by atoms with van der Waals surface area (Å²) in [6, 6.07) is 0. The highest BCUT2D eigenvalue weighted by Gasteiger charge is 2.09. The number of esters is 1. The first kappa shape index (κ1) is 14.2. The van der Waals surface area contributed by atoms with Gasteiger partial charge in [-0.3, -0.25) is 0 Å². The fourth-order valence-electron chi connectivity index (χ4n) is 1.61. The van der Waals surface area contributed by atoms with E-state index in [9.17, 15) is 4.79 Å². The number of hydrogen-bond donors (Lipinski definition) is 0. The van der Waals surface area contributed by atoms with Crippen molar-refractivity contribution >= 4 is 5.97 Å². The summed E-state index contributed by atoms with van der Waals surface area (Å²) in [5.74, 6) is 0.976. The number of hydrogen-bond acceptors (Lipinski definition) is 2. The van der Waals surface area contributed by atoms with Crippen molar-refractivity contribution in [1.29, 1.82) is 0 Å². The Bertz CT molecular complexity index is 219. The van der Waals surface area contributed by atoms with Crippen molar-refractivity contribution in [3.05, 3.63) is 11.6 Å². The van der Waals surface area contributed by atoms with Crippen LogP contribution in [0, 0.1) is 11.8 Å². The molecule has 0 aliphatic rings. The van der Waals surface area contributed by atoms with Crippen LogP contribution in [0.4, 0.5) is 0 Å². The lowest BCUT2D eigenvalue weighted by atomic mass is 9.94. The molecule has 0 amide bonds. The van der Waals surface area contributed by atoms with Crippen LogP contribution in [0.15, 0.2) is 11.6 Å². The smallest absolute Gasteiger partial charge is 0.333 e. The van der Waals surface area contributed by atoms with Gasteiger partial charge < -0.3 is 4.74 Å². The van der Waals surface area contributed by atoms with Crippen LogP contribution in [0.1, 0.15) is 47.5 Å². The lowest BCUT2D eigenvalue weighted by Gasteiger charge is -2.13. The number of carbonyl (C=O) groups excluding carboxylic acids is 1. The van der Waals surface area contributed by atoms with Crippen LogP contribution < -0.4 is 0 Å². The minimum Gasteiger partial charge on any atom is -0.463 e. The van der Waals surface area contributed by atoms with Gasteiger partial charge in [-0.2, -0.15) is 0 Å². The summed E-state index contributed by atoms with van der Waals surface area (Å²) in [6.45, 7) is 10.7. The fourth-order valence-corrected chi connectivity index (χ4v) is 1.61. The molecule has 0 aromatic carbocycles. The van der Waals surface area contributed by atoms with Gasteiger partial charge in [-0.05, 0) is 32.1 Å². The lowest BCUT2D eigenvalue weighted by Crippen LogP contribution is -2.07. The van der Waals surface area contributed by atoms with Gasteiger partial charge >= 0.3 is 5.97 Å². The SMILES string of the molecule is CCOC(=O)/C(C)=C/[C@H](C)C[C@H](C)CC. The van der Waals surface area contributed by atoms with Gasteiger partial charge in [-0.25, -0.2) is 4.79 Å². The van der Waals surface area contributed by atoms with Gasteiger partial charge in [0.15, 0.2) is 0 Å². The first-order chi connectivity index (χ1) is 7.01. The second-order valence-corrected chi connectivity index (χ2v) is 4.30. The van der Waals surface area contributed by atoms with Crippen LogP contribution in [0.5, 0.6) is 0 Å². The van der Waals surface area contributed by atoms with Gasteiger partial charge in [0.1, 0.15) is 0 Å². The number of ether oxygens (including phenoxy) is 1. The molecule has 0 bridgehead atoms. The molecule has 0 fully saturated rings. The minimum absolute atomic E-state index is 0.187. The van der Waals surface area contributed by atoms with Gasteiger partial charge in [0.25, 0.3) is 0 Å². The lowest BCUT2D eigenvalue weighted by molar-refractivity contribution is -0.138. The Kier molecular flexibility index (Phi) is 7.10. The zero-order valence-corrected chi connectivity index (χ0v) is 10.7. The molecule has 0 aliphatic heterocycles. The Morgan fingerprint density at radius 3 is 2.40 bits per heavy atom. The van der Waals surface area contributed by atoms with Crippen molar-refractivity contribution in [2.75, 3.05) is 6.61 Å². The summed E-state index contributed by atoms with van der Waals surface area (Å²) in [5, 5.41) is 0. The molecule has 0 aliphatic carbocycles. The Morgan fingerprint density at radius 1 is 1.33 bits per heavy atom. The highest BCUT2D eigenvalue weighted by Crippen LogP contribution is 2.17. The summed E-state index contributed by atoms with van der Waals surface area (Å²) in [7, 11) is 0. The van der Waals surface area contributed by atoms with Crippen LogP contribution in [0.25, 0.3) is 0 Å². The molecule has 0 spiro atoms. The second kappa shape index (κ2) is 7.49. The van der Waals surface area contributed by atoms with E-state index in [1.807, 2.05) is 19.9 Å². The molecule has 0 aromatic rings. The van der Waals surface area contributed by atoms with Crippen molar-refractivity contribution in [3.8, 4) is 0 Å². The molecular formula is C13H24O2. The molecule has 0 radical (unpaired) electrons. The molecule has 88 valence electrons. The van der Waals surface area contributed by atoms with Crippen LogP contribution in [-0.4, -0.2) is 12.6 Å². The molecule has 2 nitrogen and oxygen atoms in total. The van der Waals surface area contributed by atoms with E-state index in [0.717, 1.165) is 12.0 Å². The summed E-state index contributed by atoms with van der Waals surface area (Å²) < 4.78 is 4.93. The molecule has 15 heavy (non-hydrogen) atoms. The Morgan fingerprint density at radius 2 is 1.93 bits per heavy atom. The molecule has 0 rings (SSSR count). The van der Waals surface area contributed by atoms with Crippen molar-refractivity contribution in [2.45, 2.75) is 47.5 Å². The number of allylic oxidation sites excluding steroid dienone is 1. The van der Waals surface area contributed by atoms with Gasteiger partial charge in [0, 0.05) is 5.57 Å². The van der Waals surface area contributed by atoms with Crippen LogP contribution in [0.2, 0.25) is 0 Å². The van der Waals surface area contributed by atoms with Crippen LogP contribution in [0.3, 0.4) is 0 Å². The predicted molar refractivity (Wildman–Crippen MR) is 63.6 cm³/mol. The summed E-state index contributed by atoms with van der Waals surface area (Å²) in [4.78, 5) is 11.3. The Balaban J connectivity index is 4.16. The van der Waals surface area contributed by atoms with E-state index >= 15 is 0 Å². The van der Waals surface area contributed by atoms with E-state index in [4.69, 9.17) is 4.74 Å². The highest BCUT2D eigenvalue weighted by molar-refractivity contribution is 5.87. The normalized spacial score (nSPS) is 15.9. The Hall–Kier alpha value is -0.790. The number of rotatable bonds is 6. The first-order valence-corrected chi connectivity index (χ1v) is 5.86. The maximum atomic E-state index is 11.3. The second-order valence-electron chi connectivity index (χ2n) is 4.30. The summed E-state index contributed by atoms with van der Waals surface area (Å²) >= 11 is 0. The fraction of sp³-hybridized carbons (Fsp3) is 0.769. The third kappa shape index (κ3) is 6.32. The quantitative estimate of drug-likeness (QED) is 0.497. The topological polar surface area (TPSA) is 26.3 Å². The van der Waals surface area contributed by atoms with E-state index < -0.39 is 0 Å². The molecule has 0 unspecified atom stereocenters. The molecule has 0 N–H and O–H groups in total. The van der Waals surface area contributed by atoms with Crippen molar-refractivity contribution in [3.63, 3.8) is 0 Å². The third-order valence-corrected chi connectivity index (χ3v) is 2.60. The molecule has 2 atom stereocenters. The molecule has 0 aromatic heterocycles. The average molecular weight is 212 g/mol. The third-order valence-electron chi connectivity index (χ3n) is 2.60. The standard InChI is InChI=1S/C13H24O2/c1-6-10(3)8-11(4)9-12(5)13(14)15-7-2/h9-11H,6-8H2,1-5H3/b12-9+/t10-,11-/m1/s1. The van der Waals surface area contributed by atoms with E-state index in [0.29, 0.717) is 18.4 Å². The minimum atomic E-state index is -0.187. The number of carbonyl (C=O) groups is 1. The maximum absolute atomic E-state index is 11.3. The van der Waals surface area contributed by atoms with E-state index in [1.165, 1.54) is 6.42 Å². The van der Waals surface area contributed by atoms with Crippen LogP contribution in [-0.2, 0) is 9.53 Å². The largest absolute Gasteiger partial charge is 0.463 e. The van der Waals surface area contributed by atoms with Gasteiger partial charge in [0.05, 0.1) is 6.61 Å². The molecule has 0 saturated carbocycles.